The first-order valence-corrected chi connectivity index (χ1v) is 12.3. The summed E-state index contributed by atoms with van der Waals surface area (Å²) in [4.78, 5) is 0. The Balaban J connectivity index is 3.07. The highest BCUT2D eigenvalue weighted by molar-refractivity contribution is 9.72. The maximum absolute atomic E-state index is 4.12. The van der Waals surface area contributed by atoms with Gasteiger partial charge >= 0.3 is 0 Å². The molecule has 0 aromatic carbocycles. The maximum atomic E-state index is 4.12. The van der Waals surface area contributed by atoms with E-state index in [0.29, 0.717) is 0 Å². The van der Waals surface area contributed by atoms with Crippen molar-refractivity contribution in [3.63, 3.8) is 0 Å². The van der Waals surface area contributed by atoms with Crippen LogP contribution in [0.4, 0.5) is 0 Å². The van der Waals surface area contributed by atoms with Crippen molar-refractivity contribution in [2.45, 2.75) is 18.9 Å². The third kappa shape index (κ3) is 10.0. The van der Waals surface area contributed by atoms with Crippen molar-refractivity contribution in [3.05, 3.63) is 0 Å². The van der Waals surface area contributed by atoms with Crippen LogP contribution in [0.15, 0.2) is 0 Å². The van der Waals surface area contributed by atoms with E-state index in [1.807, 2.05) is 0 Å². The lowest BCUT2D eigenvalue weighted by molar-refractivity contribution is 0.894. The molecule has 0 radical (unpaired) electrons. The molecule has 0 bridgehead atoms. The van der Waals surface area contributed by atoms with Crippen LogP contribution in [0.3, 0.4) is 0 Å². The topological polar surface area (TPSA) is 0 Å². The summed E-state index contributed by atoms with van der Waals surface area (Å²) in [5.74, 6) is 0.997. The van der Waals surface area contributed by atoms with Crippen LogP contribution in [-0.4, -0.2) is 9.68 Å². The van der Waals surface area contributed by atoms with E-state index in [2.05, 4.69) is 58.5 Å². The SMILES string of the molecule is SCCCC[Si](Br)(Br)Br. The van der Waals surface area contributed by atoms with Gasteiger partial charge in [0.1, 0.15) is 0 Å². The van der Waals surface area contributed by atoms with E-state index >= 15 is 0 Å². The van der Waals surface area contributed by atoms with Crippen LogP contribution < -0.4 is 0 Å². The van der Waals surface area contributed by atoms with Crippen molar-refractivity contribution < 1.29 is 0 Å². The van der Waals surface area contributed by atoms with Crippen molar-refractivity contribution in [1.29, 1.82) is 0 Å². The Bertz CT molecular complexity index is 72.7. The molecule has 0 N–H and O–H groups in total. The van der Waals surface area contributed by atoms with Gasteiger partial charge in [0.05, 0.1) is 0 Å². The molecule has 9 heavy (non-hydrogen) atoms. The van der Waals surface area contributed by atoms with Crippen LogP contribution in [0.25, 0.3) is 0 Å². The summed E-state index contributed by atoms with van der Waals surface area (Å²) < 4.78 is -1.29. The van der Waals surface area contributed by atoms with Crippen molar-refractivity contribution >= 4 is 62.4 Å². The highest BCUT2D eigenvalue weighted by Gasteiger charge is 2.20. The molecule has 0 spiro atoms. The fourth-order valence-electron chi connectivity index (χ4n) is 0.437. The van der Waals surface area contributed by atoms with Crippen molar-refractivity contribution in [3.8, 4) is 0 Å². The molecule has 0 nitrogen and oxygen atoms in total. The van der Waals surface area contributed by atoms with Gasteiger partial charge in [0.25, 0.3) is 3.93 Å². The van der Waals surface area contributed by atoms with Crippen molar-refractivity contribution in [2.75, 3.05) is 5.75 Å². The first-order valence-electron chi connectivity index (χ1n) is 2.74. The molecule has 0 heterocycles. The van der Waals surface area contributed by atoms with Gasteiger partial charge in [0.2, 0.25) is 0 Å². The van der Waals surface area contributed by atoms with E-state index in [9.17, 15) is 0 Å². The molecule has 5 heteroatoms. The molecule has 0 aliphatic rings. The molecule has 0 fully saturated rings. The van der Waals surface area contributed by atoms with Gasteiger partial charge in [-0.05, 0) is 18.2 Å². The first kappa shape index (κ1) is 11.0. The lowest BCUT2D eigenvalue weighted by Gasteiger charge is -2.06. The van der Waals surface area contributed by atoms with E-state index < -0.39 is 3.93 Å². The molecule has 0 unspecified atom stereocenters. The molecule has 0 aliphatic carbocycles. The fraction of sp³-hybridized carbons (Fsp3) is 1.00. The zero-order valence-electron chi connectivity index (χ0n) is 4.91. The highest BCUT2D eigenvalue weighted by Crippen LogP contribution is 2.33. The largest absolute Gasteiger partial charge is 0.267 e. The Morgan fingerprint density at radius 3 is 2.00 bits per heavy atom. The van der Waals surface area contributed by atoms with E-state index in [1.165, 1.54) is 18.9 Å². The van der Waals surface area contributed by atoms with Crippen molar-refractivity contribution in [2.24, 2.45) is 0 Å². The predicted molar refractivity (Wildman–Crippen MR) is 60.4 cm³/mol. The Kier molecular flexibility index (Phi) is 6.89. The van der Waals surface area contributed by atoms with Gasteiger partial charge in [-0.1, -0.05) is 52.3 Å². The quantitative estimate of drug-likeness (QED) is 0.336. The van der Waals surface area contributed by atoms with Crippen LogP contribution >= 0.6 is 58.5 Å². The number of hydrogen-bond donors (Lipinski definition) is 1. The van der Waals surface area contributed by atoms with Crippen molar-refractivity contribution in [1.82, 2.24) is 0 Å². The van der Waals surface area contributed by atoms with Crippen LogP contribution in [0.1, 0.15) is 12.8 Å². The van der Waals surface area contributed by atoms with Gasteiger partial charge in [-0.3, -0.25) is 0 Å². The third-order valence-corrected chi connectivity index (χ3v) is 5.67. The monoisotopic (exact) mass is 354 g/mol. The average molecular weight is 357 g/mol. The zero-order valence-corrected chi connectivity index (χ0v) is 11.6. The number of unbranched alkanes of at least 4 members (excludes halogenated alkanes) is 1. The lowest BCUT2D eigenvalue weighted by atomic mass is 10.4. The number of thiol groups is 1. The van der Waals surface area contributed by atoms with Gasteiger partial charge in [-0.2, -0.15) is 12.6 Å². The Morgan fingerprint density at radius 1 is 1.11 bits per heavy atom. The Labute approximate surface area is 86.3 Å². The molecule has 0 aliphatic heterocycles. The fourth-order valence-corrected chi connectivity index (χ4v) is 3.84. The summed E-state index contributed by atoms with van der Waals surface area (Å²) in [5.41, 5.74) is 0. The minimum Gasteiger partial charge on any atom is -0.179 e. The summed E-state index contributed by atoms with van der Waals surface area (Å²) in [6.07, 6.45) is 2.46. The second-order valence-corrected chi connectivity index (χ2v) is 25.7. The summed E-state index contributed by atoms with van der Waals surface area (Å²) in [6.45, 7) is 0. The Morgan fingerprint density at radius 2 is 1.67 bits per heavy atom. The summed E-state index contributed by atoms with van der Waals surface area (Å²) in [6, 6.07) is 1.22. The summed E-state index contributed by atoms with van der Waals surface area (Å²) in [7, 11) is 0. The molecular weight excluding hydrogens is 348 g/mol. The van der Waals surface area contributed by atoms with Crippen LogP contribution in [0, 0.1) is 0 Å². The standard InChI is InChI=1S/C4H9Br3SSi/c5-9(6,7)4-2-1-3-8/h8H,1-4H2. The molecule has 0 rings (SSSR count). The number of hydrogen-bond acceptors (Lipinski definition) is 1. The van der Waals surface area contributed by atoms with E-state index in [0.717, 1.165) is 5.75 Å². The van der Waals surface area contributed by atoms with Gasteiger partial charge in [0.15, 0.2) is 0 Å². The van der Waals surface area contributed by atoms with E-state index in [1.54, 1.807) is 0 Å². The zero-order chi connectivity index (χ0) is 7.33. The van der Waals surface area contributed by atoms with E-state index in [-0.39, 0.29) is 0 Å². The van der Waals surface area contributed by atoms with Crippen LogP contribution in [0.5, 0.6) is 0 Å². The normalized spacial score (nSPS) is 12.0. The second kappa shape index (κ2) is 5.63. The maximum Gasteiger partial charge on any atom is 0.267 e. The molecular formula is C4H9Br3SSi. The van der Waals surface area contributed by atoms with Crippen LogP contribution in [-0.2, 0) is 0 Å². The molecule has 0 aromatic rings. The predicted octanol–water partition coefficient (Wildman–Crippen LogP) is 3.82. The average Bonchev–Trinajstić information content (AvgIpc) is 1.63. The minimum atomic E-state index is -1.29. The third-order valence-electron chi connectivity index (χ3n) is 0.868. The highest BCUT2D eigenvalue weighted by atomic mass is 80.0. The first-order chi connectivity index (χ1) is 4.06. The summed E-state index contributed by atoms with van der Waals surface area (Å²) >= 11 is 14.8. The van der Waals surface area contributed by atoms with Gasteiger partial charge < -0.3 is 0 Å². The smallest absolute Gasteiger partial charge is 0.179 e. The minimum absolute atomic E-state index is 0.997. The molecule has 0 aromatic heterocycles. The second-order valence-electron chi connectivity index (χ2n) is 1.80. The lowest BCUT2D eigenvalue weighted by Crippen LogP contribution is -2.04. The van der Waals surface area contributed by atoms with Crippen LogP contribution in [0.2, 0.25) is 6.04 Å². The molecule has 0 amide bonds. The van der Waals surface area contributed by atoms with Gasteiger partial charge in [0, 0.05) is 0 Å². The molecule has 0 atom stereocenters. The van der Waals surface area contributed by atoms with Gasteiger partial charge in [-0.25, -0.2) is 0 Å². The number of halogens is 3. The summed E-state index contributed by atoms with van der Waals surface area (Å²) in [5, 5.41) is 0. The Hall–Kier alpha value is 2.01. The van der Waals surface area contributed by atoms with Gasteiger partial charge in [-0.15, -0.1) is 0 Å². The molecule has 0 saturated heterocycles. The molecule has 56 valence electrons. The number of rotatable bonds is 4. The van der Waals surface area contributed by atoms with E-state index in [4.69, 9.17) is 0 Å². The molecule has 0 saturated carbocycles.